The average molecular weight is 354 g/mol. The molecule has 0 aliphatic heterocycles. The molecule has 0 saturated carbocycles. The second-order valence-corrected chi connectivity index (χ2v) is 6.55. The molecule has 7 heteroatoms. The Morgan fingerprint density at radius 2 is 2.04 bits per heavy atom. The van der Waals surface area contributed by atoms with E-state index in [1.807, 2.05) is 32.0 Å². The Morgan fingerprint density at radius 3 is 2.80 bits per heavy atom. The highest BCUT2D eigenvalue weighted by Crippen LogP contribution is 2.23. The first kappa shape index (κ1) is 17.2. The summed E-state index contributed by atoms with van der Waals surface area (Å²) in [6.45, 7) is 4.05. The fourth-order valence-corrected chi connectivity index (χ4v) is 3.25. The van der Waals surface area contributed by atoms with Crippen LogP contribution in [0.3, 0.4) is 0 Å². The molecule has 6 nitrogen and oxygen atoms in total. The molecule has 1 aromatic heterocycles. The Balaban J connectivity index is 1.76. The Labute approximate surface area is 150 Å². The van der Waals surface area contributed by atoms with Gasteiger partial charge in [0.05, 0.1) is 18.6 Å². The van der Waals surface area contributed by atoms with E-state index in [4.69, 9.17) is 4.74 Å². The number of ether oxygens (including phenoxy) is 1. The normalized spacial score (nSPS) is 10.7. The minimum Gasteiger partial charge on any atom is -0.497 e. The number of aryl methyl sites for hydroxylation is 2. The minimum atomic E-state index is -0.000854. The molecule has 25 heavy (non-hydrogen) atoms. The van der Waals surface area contributed by atoms with Crippen molar-refractivity contribution >= 4 is 17.5 Å². The number of rotatable bonds is 6. The molecule has 0 radical (unpaired) electrons. The van der Waals surface area contributed by atoms with Gasteiger partial charge in [-0.05, 0) is 48.0 Å². The maximum absolute atomic E-state index is 12.4. The number of carbonyl (C=O) groups is 1. The monoisotopic (exact) mass is 354 g/mol. The van der Waals surface area contributed by atoms with Crippen LogP contribution in [0, 0.1) is 13.8 Å². The number of hydrogen-bond acceptors (Lipinski definition) is 6. The lowest BCUT2D eigenvalue weighted by Gasteiger charge is -2.08. The lowest BCUT2D eigenvalue weighted by Crippen LogP contribution is -2.06. The zero-order valence-electron chi connectivity index (χ0n) is 14.3. The maximum Gasteiger partial charge on any atom is 0.214 e. The Morgan fingerprint density at radius 1 is 1.20 bits per heavy atom. The third-order valence-electron chi connectivity index (χ3n) is 3.75. The molecule has 0 aliphatic rings. The van der Waals surface area contributed by atoms with Gasteiger partial charge in [-0.1, -0.05) is 41.6 Å². The summed E-state index contributed by atoms with van der Waals surface area (Å²) < 4.78 is 6.82. The molecule has 0 atom stereocenters. The number of benzene rings is 2. The van der Waals surface area contributed by atoms with E-state index >= 15 is 0 Å². The Hall–Kier alpha value is -2.67. The molecule has 3 aromatic rings. The molecule has 128 valence electrons. The molecule has 0 fully saturated rings. The van der Waals surface area contributed by atoms with E-state index in [0.717, 1.165) is 11.3 Å². The predicted molar refractivity (Wildman–Crippen MR) is 96.7 cm³/mol. The van der Waals surface area contributed by atoms with Gasteiger partial charge in [-0.25, -0.2) is 0 Å². The van der Waals surface area contributed by atoms with Gasteiger partial charge in [-0.15, -0.1) is 5.10 Å². The van der Waals surface area contributed by atoms with Crippen molar-refractivity contribution in [2.24, 2.45) is 0 Å². The van der Waals surface area contributed by atoms with Crippen molar-refractivity contribution in [3.63, 3.8) is 0 Å². The Bertz CT molecular complexity index is 908. The van der Waals surface area contributed by atoms with E-state index in [9.17, 15) is 4.79 Å². The molecular formula is C18H18N4O2S. The number of Topliss-reactive ketones (excluding diaryl/α,β-unsaturated/α-hetero) is 1. The minimum absolute atomic E-state index is 0.000854. The average Bonchev–Trinajstić information content (AvgIpc) is 3.08. The van der Waals surface area contributed by atoms with E-state index in [2.05, 4.69) is 21.6 Å². The molecule has 0 aliphatic carbocycles. The highest BCUT2D eigenvalue weighted by Gasteiger charge is 2.14. The number of nitrogens with zero attached hydrogens (tertiary/aromatic N) is 4. The van der Waals surface area contributed by atoms with Crippen LogP contribution in [0.1, 0.15) is 21.5 Å². The maximum atomic E-state index is 12.4. The summed E-state index contributed by atoms with van der Waals surface area (Å²) in [6.07, 6.45) is 0. The first-order valence-electron chi connectivity index (χ1n) is 7.74. The molecule has 0 saturated heterocycles. The van der Waals surface area contributed by atoms with Crippen LogP contribution in [0.5, 0.6) is 5.75 Å². The summed E-state index contributed by atoms with van der Waals surface area (Å²) in [7, 11) is 1.58. The van der Waals surface area contributed by atoms with E-state index in [0.29, 0.717) is 16.5 Å². The summed E-state index contributed by atoms with van der Waals surface area (Å²) in [5.74, 6) is 0.911. The summed E-state index contributed by atoms with van der Waals surface area (Å²) in [5.41, 5.74) is 3.77. The van der Waals surface area contributed by atoms with Crippen molar-refractivity contribution in [1.82, 2.24) is 20.2 Å². The Kier molecular flexibility index (Phi) is 5.14. The van der Waals surface area contributed by atoms with Gasteiger partial charge in [-0.2, -0.15) is 4.68 Å². The van der Waals surface area contributed by atoms with Crippen LogP contribution in [-0.4, -0.2) is 38.9 Å². The number of hydrogen-bond donors (Lipinski definition) is 0. The van der Waals surface area contributed by atoms with Crippen LogP contribution in [0.4, 0.5) is 0 Å². The summed E-state index contributed by atoms with van der Waals surface area (Å²) >= 11 is 1.31. The molecule has 0 unspecified atom stereocenters. The smallest absolute Gasteiger partial charge is 0.214 e. The van der Waals surface area contributed by atoms with Gasteiger partial charge in [0, 0.05) is 5.56 Å². The van der Waals surface area contributed by atoms with Gasteiger partial charge in [0.15, 0.2) is 5.78 Å². The van der Waals surface area contributed by atoms with Crippen molar-refractivity contribution in [3.8, 4) is 11.4 Å². The number of carbonyl (C=O) groups excluding carboxylic acids is 1. The molecule has 0 bridgehead atoms. The summed E-state index contributed by atoms with van der Waals surface area (Å²) in [5, 5.41) is 12.4. The zero-order chi connectivity index (χ0) is 17.8. The van der Waals surface area contributed by atoms with E-state index < -0.39 is 0 Å². The highest BCUT2D eigenvalue weighted by atomic mass is 32.2. The standard InChI is InChI=1S/C18H18N4O2S/c1-12-7-8-16(13(2)9-12)22-18(19-20-21-22)25-11-17(23)14-5-4-6-15(10-14)24-3/h4-10H,11H2,1-3H3. The molecule has 0 amide bonds. The lowest BCUT2D eigenvalue weighted by molar-refractivity contribution is 0.102. The predicted octanol–water partition coefficient (Wildman–Crippen LogP) is 3.26. The number of thioether (sulfide) groups is 1. The fraction of sp³-hybridized carbons (Fsp3) is 0.222. The van der Waals surface area contributed by atoms with Crippen molar-refractivity contribution in [1.29, 1.82) is 0 Å². The SMILES string of the molecule is COc1cccc(C(=O)CSc2nnnn2-c2ccc(C)cc2C)c1. The number of methoxy groups -OCH3 is 1. The van der Waals surface area contributed by atoms with Crippen LogP contribution in [0.15, 0.2) is 47.6 Å². The molecule has 2 aromatic carbocycles. The number of ketones is 1. The largest absolute Gasteiger partial charge is 0.497 e. The highest BCUT2D eigenvalue weighted by molar-refractivity contribution is 7.99. The lowest BCUT2D eigenvalue weighted by atomic mass is 10.1. The first-order chi connectivity index (χ1) is 12.1. The first-order valence-corrected chi connectivity index (χ1v) is 8.73. The quantitative estimate of drug-likeness (QED) is 0.500. The molecule has 0 N–H and O–H groups in total. The van der Waals surface area contributed by atoms with Crippen LogP contribution < -0.4 is 4.74 Å². The molecule has 1 heterocycles. The number of tetrazole rings is 1. The third-order valence-corrected chi connectivity index (χ3v) is 4.66. The van der Waals surface area contributed by atoms with Crippen molar-refractivity contribution < 1.29 is 9.53 Å². The molecule has 3 rings (SSSR count). The van der Waals surface area contributed by atoms with Crippen LogP contribution >= 0.6 is 11.8 Å². The van der Waals surface area contributed by atoms with Gasteiger partial charge < -0.3 is 4.74 Å². The topological polar surface area (TPSA) is 69.9 Å². The van der Waals surface area contributed by atoms with Gasteiger partial charge in [-0.3, -0.25) is 4.79 Å². The van der Waals surface area contributed by atoms with Gasteiger partial charge >= 0.3 is 0 Å². The van der Waals surface area contributed by atoms with Crippen LogP contribution in [0.25, 0.3) is 5.69 Å². The fourth-order valence-electron chi connectivity index (χ4n) is 2.47. The third kappa shape index (κ3) is 3.88. The number of aromatic nitrogens is 4. The van der Waals surface area contributed by atoms with Gasteiger partial charge in [0.2, 0.25) is 5.16 Å². The second-order valence-electron chi connectivity index (χ2n) is 5.61. The van der Waals surface area contributed by atoms with Crippen LogP contribution in [-0.2, 0) is 0 Å². The van der Waals surface area contributed by atoms with Gasteiger partial charge in [0.1, 0.15) is 5.75 Å². The van der Waals surface area contributed by atoms with Crippen molar-refractivity contribution in [2.75, 3.05) is 12.9 Å². The van der Waals surface area contributed by atoms with E-state index in [-0.39, 0.29) is 11.5 Å². The molecular weight excluding hydrogens is 336 g/mol. The van der Waals surface area contributed by atoms with E-state index in [1.54, 1.807) is 30.0 Å². The summed E-state index contributed by atoms with van der Waals surface area (Å²) in [6, 6.07) is 13.2. The van der Waals surface area contributed by atoms with Gasteiger partial charge in [0.25, 0.3) is 0 Å². The second kappa shape index (κ2) is 7.48. The molecule has 0 spiro atoms. The van der Waals surface area contributed by atoms with Crippen molar-refractivity contribution in [3.05, 3.63) is 59.2 Å². The summed E-state index contributed by atoms with van der Waals surface area (Å²) in [4.78, 5) is 12.4. The van der Waals surface area contributed by atoms with E-state index in [1.165, 1.54) is 17.3 Å². The van der Waals surface area contributed by atoms with Crippen molar-refractivity contribution in [2.45, 2.75) is 19.0 Å². The van der Waals surface area contributed by atoms with Crippen LogP contribution in [0.2, 0.25) is 0 Å². The zero-order valence-corrected chi connectivity index (χ0v) is 15.1.